The Balaban J connectivity index is 2.28. The van der Waals surface area contributed by atoms with E-state index in [2.05, 4.69) is 28.8 Å². The SMILES string of the molecule is CC(C)n1nnc2c1CCCCCC2. The third-order valence-corrected chi connectivity index (χ3v) is 2.94. The highest BCUT2D eigenvalue weighted by atomic mass is 15.4. The van der Waals surface area contributed by atoms with Crippen molar-refractivity contribution >= 4 is 0 Å². The normalized spacial score (nSPS) is 17.6. The predicted octanol–water partition coefficient (Wildman–Crippen LogP) is 2.52. The Morgan fingerprint density at radius 2 is 1.79 bits per heavy atom. The van der Waals surface area contributed by atoms with Crippen LogP contribution in [0.3, 0.4) is 0 Å². The Kier molecular flexibility index (Phi) is 2.85. The van der Waals surface area contributed by atoms with E-state index < -0.39 is 0 Å². The molecule has 0 saturated heterocycles. The zero-order valence-corrected chi connectivity index (χ0v) is 9.16. The lowest BCUT2D eigenvalue weighted by atomic mass is 10.0. The lowest BCUT2D eigenvalue weighted by Crippen LogP contribution is -2.09. The lowest BCUT2D eigenvalue weighted by molar-refractivity contribution is 0.485. The van der Waals surface area contributed by atoms with Crippen LogP contribution in [-0.2, 0) is 12.8 Å². The molecule has 1 aliphatic rings. The first kappa shape index (κ1) is 9.69. The second-order valence-corrected chi connectivity index (χ2v) is 4.44. The van der Waals surface area contributed by atoms with Gasteiger partial charge in [0.15, 0.2) is 0 Å². The van der Waals surface area contributed by atoms with Gasteiger partial charge >= 0.3 is 0 Å². The maximum Gasteiger partial charge on any atom is 0.0859 e. The standard InChI is InChI=1S/C11H19N3/c1-9(2)14-11-8-6-4-3-5-7-10(11)12-13-14/h9H,3-8H2,1-2H3. The molecule has 0 atom stereocenters. The number of aryl methyl sites for hydroxylation is 1. The molecule has 78 valence electrons. The van der Waals surface area contributed by atoms with Gasteiger partial charge in [-0.1, -0.05) is 18.1 Å². The monoisotopic (exact) mass is 193 g/mol. The molecule has 3 heteroatoms. The van der Waals surface area contributed by atoms with Gasteiger partial charge in [0.1, 0.15) is 0 Å². The van der Waals surface area contributed by atoms with Crippen LogP contribution in [0.25, 0.3) is 0 Å². The minimum absolute atomic E-state index is 0.450. The fourth-order valence-corrected chi connectivity index (χ4v) is 2.15. The summed E-state index contributed by atoms with van der Waals surface area (Å²) < 4.78 is 2.10. The molecule has 0 aliphatic heterocycles. The molecule has 1 aliphatic carbocycles. The Labute approximate surface area is 85.5 Å². The Hall–Kier alpha value is -0.860. The summed E-state index contributed by atoms with van der Waals surface area (Å²) in [7, 11) is 0. The molecular formula is C11H19N3. The first-order chi connectivity index (χ1) is 6.79. The van der Waals surface area contributed by atoms with E-state index in [1.807, 2.05) is 0 Å². The number of nitrogens with zero attached hydrogens (tertiary/aromatic N) is 3. The smallest absolute Gasteiger partial charge is 0.0859 e. The summed E-state index contributed by atoms with van der Waals surface area (Å²) >= 11 is 0. The average Bonchev–Trinajstić information content (AvgIpc) is 2.47. The topological polar surface area (TPSA) is 30.7 Å². The van der Waals surface area contributed by atoms with E-state index in [-0.39, 0.29) is 0 Å². The molecule has 0 N–H and O–H groups in total. The lowest BCUT2D eigenvalue weighted by Gasteiger charge is -2.12. The second-order valence-electron chi connectivity index (χ2n) is 4.44. The molecule has 0 fully saturated rings. The molecule has 1 aromatic heterocycles. The summed E-state index contributed by atoms with van der Waals surface area (Å²) in [6.45, 7) is 4.35. The van der Waals surface area contributed by atoms with Gasteiger partial charge in [0, 0.05) is 6.04 Å². The van der Waals surface area contributed by atoms with Crippen LogP contribution in [0.15, 0.2) is 0 Å². The quantitative estimate of drug-likeness (QED) is 0.686. The van der Waals surface area contributed by atoms with Crippen molar-refractivity contribution in [2.75, 3.05) is 0 Å². The average molecular weight is 193 g/mol. The van der Waals surface area contributed by atoms with Gasteiger partial charge in [0.25, 0.3) is 0 Å². The zero-order valence-electron chi connectivity index (χ0n) is 9.16. The van der Waals surface area contributed by atoms with Crippen LogP contribution in [0, 0.1) is 0 Å². The maximum absolute atomic E-state index is 4.29. The van der Waals surface area contributed by atoms with Gasteiger partial charge in [-0.25, -0.2) is 4.68 Å². The van der Waals surface area contributed by atoms with Crippen LogP contribution >= 0.6 is 0 Å². The van der Waals surface area contributed by atoms with Gasteiger partial charge in [0.05, 0.1) is 11.4 Å². The third kappa shape index (κ3) is 1.81. The van der Waals surface area contributed by atoms with Crippen LogP contribution in [0.5, 0.6) is 0 Å². The van der Waals surface area contributed by atoms with Gasteiger partial charge in [0.2, 0.25) is 0 Å². The summed E-state index contributed by atoms with van der Waals surface area (Å²) in [5.41, 5.74) is 2.64. The van der Waals surface area contributed by atoms with E-state index in [1.54, 1.807) is 0 Å². The van der Waals surface area contributed by atoms with E-state index >= 15 is 0 Å². The fraction of sp³-hybridized carbons (Fsp3) is 0.818. The van der Waals surface area contributed by atoms with E-state index in [0.717, 1.165) is 6.42 Å². The predicted molar refractivity (Wildman–Crippen MR) is 56.3 cm³/mol. The molecule has 0 unspecified atom stereocenters. The van der Waals surface area contributed by atoms with Crippen LogP contribution in [0.4, 0.5) is 0 Å². The van der Waals surface area contributed by atoms with E-state index in [1.165, 1.54) is 43.5 Å². The number of hydrogen-bond donors (Lipinski definition) is 0. The Morgan fingerprint density at radius 3 is 2.50 bits per heavy atom. The first-order valence-corrected chi connectivity index (χ1v) is 5.72. The van der Waals surface area contributed by atoms with Gasteiger partial charge in [-0.3, -0.25) is 0 Å². The van der Waals surface area contributed by atoms with Crippen molar-refractivity contribution in [2.45, 2.75) is 58.4 Å². The molecule has 3 nitrogen and oxygen atoms in total. The number of aromatic nitrogens is 3. The molecule has 2 rings (SSSR count). The highest BCUT2D eigenvalue weighted by molar-refractivity contribution is 5.12. The van der Waals surface area contributed by atoms with Crippen LogP contribution < -0.4 is 0 Å². The van der Waals surface area contributed by atoms with Crippen molar-refractivity contribution in [1.82, 2.24) is 15.0 Å². The van der Waals surface area contributed by atoms with Gasteiger partial charge in [-0.05, 0) is 39.5 Å². The van der Waals surface area contributed by atoms with Crippen molar-refractivity contribution in [3.8, 4) is 0 Å². The molecule has 0 radical (unpaired) electrons. The molecule has 0 amide bonds. The summed E-state index contributed by atoms with van der Waals surface area (Å²) in [5.74, 6) is 0. The van der Waals surface area contributed by atoms with Gasteiger partial charge < -0.3 is 0 Å². The summed E-state index contributed by atoms with van der Waals surface area (Å²) in [4.78, 5) is 0. The first-order valence-electron chi connectivity index (χ1n) is 5.72. The fourth-order valence-electron chi connectivity index (χ4n) is 2.15. The van der Waals surface area contributed by atoms with Gasteiger partial charge in [-0.2, -0.15) is 0 Å². The van der Waals surface area contributed by atoms with Crippen LogP contribution in [-0.4, -0.2) is 15.0 Å². The highest BCUT2D eigenvalue weighted by Crippen LogP contribution is 2.20. The van der Waals surface area contributed by atoms with E-state index in [4.69, 9.17) is 0 Å². The van der Waals surface area contributed by atoms with Crippen molar-refractivity contribution in [3.05, 3.63) is 11.4 Å². The minimum Gasteiger partial charge on any atom is -0.247 e. The molecular weight excluding hydrogens is 174 g/mol. The van der Waals surface area contributed by atoms with Crippen LogP contribution in [0.2, 0.25) is 0 Å². The molecule has 14 heavy (non-hydrogen) atoms. The number of rotatable bonds is 1. The molecule has 0 aromatic carbocycles. The minimum atomic E-state index is 0.450. The number of fused-ring (bicyclic) bond motifs is 1. The maximum atomic E-state index is 4.29. The zero-order chi connectivity index (χ0) is 9.97. The summed E-state index contributed by atoms with van der Waals surface area (Å²) in [5, 5.41) is 8.54. The Morgan fingerprint density at radius 1 is 1.07 bits per heavy atom. The second kappa shape index (κ2) is 4.11. The summed E-state index contributed by atoms with van der Waals surface area (Å²) in [6.07, 6.45) is 7.59. The third-order valence-electron chi connectivity index (χ3n) is 2.94. The van der Waals surface area contributed by atoms with Gasteiger partial charge in [-0.15, -0.1) is 5.10 Å². The highest BCUT2D eigenvalue weighted by Gasteiger charge is 2.15. The van der Waals surface area contributed by atoms with Crippen LogP contribution in [0.1, 0.15) is 57.0 Å². The van der Waals surface area contributed by atoms with E-state index in [9.17, 15) is 0 Å². The van der Waals surface area contributed by atoms with E-state index in [0.29, 0.717) is 6.04 Å². The van der Waals surface area contributed by atoms with Crippen molar-refractivity contribution in [1.29, 1.82) is 0 Å². The summed E-state index contributed by atoms with van der Waals surface area (Å²) in [6, 6.07) is 0.450. The Bertz CT molecular complexity index is 301. The molecule has 1 heterocycles. The number of hydrogen-bond acceptors (Lipinski definition) is 2. The van der Waals surface area contributed by atoms with Crippen molar-refractivity contribution in [2.24, 2.45) is 0 Å². The molecule has 0 saturated carbocycles. The largest absolute Gasteiger partial charge is 0.247 e. The molecule has 0 spiro atoms. The molecule has 0 bridgehead atoms. The van der Waals surface area contributed by atoms with Crippen molar-refractivity contribution in [3.63, 3.8) is 0 Å². The molecule has 1 aromatic rings. The van der Waals surface area contributed by atoms with Crippen molar-refractivity contribution < 1.29 is 0 Å².